The normalized spacial score (nSPS) is 13.0. The van der Waals surface area contributed by atoms with Crippen molar-refractivity contribution in [3.8, 4) is 6.07 Å². The standard InChI is InChI=1S/C20H24N6/c1-3-5-6-7-11-25(15-18-10-12-26(4-2)24-18)20-17(13-21)14-22-19(23-20)16-8-9-16/h3,6,10,12,14,16H,4,7-9,11,15H2,1-2H3. The molecule has 0 bridgehead atoms. The first-order valence-corrected chi connectivity index (χ1v) is 9.15. The molecule has 6 heteroatoms. The molecule has 0 aromatic carbocycles. The van der Waals surface area contributed by atoms with Crippen molar-refractivity contribution in [2.45, 2.75) is 52.1 Å². The Morgan fingerprint density at radius 2 is 2.27 bits per heavy atom. The van der Waals surface area contributed by atoms with E-state index in [-0.39, 0.29) is 0 Å². The predicted molar refractivity (Wildman–Crippen MR) is 101 cm³/mol. The summed E-state index contributed by atoms with van der Waals surface area (Å²) in [5.74, 6) is 2.02. The molecular formula is C20H24N6. The molecule has 0 radical (unpaired) electrons. The summed E-state index contributed by atoms with van der Waals surface area (Å²) in [5.41, 5.74) is 4.59. The van der Waals surface area contributed by atoms with E-state index in [9.17, 15) is 5.26 Å². The SMILES string of the molecule is CC=C=CCCN(Cc1ccn(CC)n1)c1nc(C2CC2)ncc1C#N. The number of aryl methyl sites for hydroxylation is 1. The fraction of sp³-hybridized carbons (Fsp3) is 0.450. The summed E-state index contributed by atoms with van der Waals surface area (Å²) in [5, 5.41) is 14.1. The average molecular weight is 348 g/mol. The fourth-order valence-electron chi connectivity index (χ4n) is 2.79. The summed E-state index contributed by atoms with van der Waals surface area (Å²) in [6, 6.07) is 4.26. The number of nitriles is 1. The van der Waals surface area contributed by atoms with Gasteiger partial charge in [0, 0.05) is 25.2 Å². The topological polar surface area (TPSA) is 70.6 Å². The number of aromatic nitrogens is 4. The van der Waals surface area contributed by atoms with Crippen molar-refractivity contribution in [2.75, 3.05) is 11.4 Å². The first kappa shape index (κ1) is 17.9. The Bertz CT molecular complexity index is 849. The highest BCUT2D eigenvalue weighted by Crippen LogP contribution is 2.38. The summed E-state index contributed by atoms with van der Waals surface area (Å²) < 4.78 is 1.91. The van der Waals surface area contributed by atoms with Crippen LogP contribution >= 0.6 is 0 Å². The molecule has 2 heterocycles. The Labute approximate surface area is 154 Å². The molecule has 2 aromatic rings. The molecule has 1 saturated carbocycles. The monoisotopic (exact) mass is 348 g/mol. The van der Waals surface area contributed by atoms with Crippen molar-refractivity contribution in [1.82, 2.24) is 19.7 Å². The van der Waals surface area contributed by atoms with Crippen LogP contribution in [0.25, 0.3) is 0 Å². The van der Waals surface area contributed by atoms with Gasteiger partial charge in [-0.2, -0.15) is 10.4 Å². The second kappa shape index (κ2) is 8.46. The van der Waals surface area contributed by atoms with E-state index in [0.29, 0.717) is 23.8 Å². The minimum Gasteiger partial charge on any atom is -0.349 e. The first-order valence-electron chi connectivity index (χ1n) is 9.15. The molecular weight excluding hydrogens is 324 g/mol. The van der Waals surface area contributed by atoms with E-state index < -0.39 is 0 Å². The molecule has 6 nitrogen and oxygen atoms in total. The summed E-state index contributed by atoms with van der Waals surface area (Å²) in [6.07, 6.45) is 10.6. The van der Waals surface area contributed by atoms with Gasteiger partial charge in [0.25, 0.3) is 0 Å². The fourth-order valence-corrected chi connectivity index (χ4v) is 2.79. The van der Waals surface area contributed by atoms with E-state index in [2.05, 4.69) is 33.7 Å². The van der Waals surface area contributed by atoms with Crippen LogP contribution in [-0.2, 0) is 13.1 Å². The Morgan fingerprint density at radius 1 is 1.42 bits per heavy atom. The number of rotatable bonds is 8. The van der Waals surface area contributed by atoms with E-state index in [1.807, 2.05) is 36.0 Å². The largest absolute Gasteiger partial charge is 0.349 e. The number of hydrogen-bond donors (Lipinski definition) is 0. The van der Waals surface area contributed by atoms with Crippen LogP contribution in [0.15, 0.2) is 36.3 Å². The Kier molecular flexibility index (Phi) is 5.83. The molecule has 0 aliphatic heterocycles. The molecule has 1 aliphatic rings. The van der Waals surface area contributed by atoms with Gasteiger partial charge in [-0.3, -0.25) is 4.68 Å². The molecule has 134 valence electrons. The molecule has 0 unspecified atom stereocenters. The lowest BCUT2D eigenvalue weighted by Crippen LogP contribution is -2.26. The lowest BCUT2D eigenvalue weighted by Gasteiger charge is -2.23. The molecule has 2 aromatic heterocycles. The van der Waals surface area contributed by atoms with Gasteiger partial charge < -0.3 is 4.90 Å². The van der Waals surface area contributed by atoms with E-state index in [0.717, 1.165) is 43.9 Å². The smallest absolute Gasteiger partial charge is 0.150 e. The van der Waals surface area contributed by atoms with Gasteiger partial charge in [0.05, 0.1) is 18.4 Å². The van der Waals surface area contributed by atoms with E-state index in [1.165, 1.54) is 0 Å². The molecule has 1 fully saturated rings. The second-order valence-electron chi connectivity index (χ2n) is 6.38. The lowest BCUT2D eigenvalue weighted by atomic mass is 10.2. The van der Waals surface area contributed by atoms with Crippen molar-refractivity contribution in [3.63, 3.8) is 0 Å². The minimum absolute atomic E-state index is 0.450. The molecule has 26 heavy (non-hydrogen) atoms. The van der Waals surface area contributed by atoms with Gasteiger partial charge >= 0.3 is 0 Å². The predicted octanol–water partition coefficient (Wildman–Crippen LogP) is 3.57. The van der Waals surface area contributed by atoms with Crippen LogP contribution < -0.4 is 4.90 Å². The lowest BCUT2D eigenvalue weighted by molar-refractivity contribution is 0.638. The van der Waals surface area contributed by atoms with Crippen LogP contribution in [0.3, 0.4) is 0 Å². The molecule has 0 N–H and O–H groups in total. The highest BCUT2D eigenvalue weighted by Gasteiger charge is 2.28. The Hall–Kier alpha value is -2.90. The van der Waals surface area contributed by atoms with Gasteiger partial charge in [0.15, 0.2) is 5.82 Å². The van der Waals surface area contributed by atoms with Crippen LogP contribution in [0.5, 0.6) is 0 Å². The maximum absolute atomic E-state index is 9.53. The zero-order chi connectivity index (χ0) is 18.4. The highest BCUT2D eigenvalue weighted by atomic mass is 15.3. The van der Waals surface area contributed by atoms with Crippen molar-refractivity contribution in [3.05, 3.63) is 53.4 Å². The maximum Gasteiger partial charge on any atom is 0.150 e. The molecule has 0 atom stereocenters. The molecule has 0 spiro atoms. The number of nitrogens with zero attached hydrogens (tertiary/aromatic N) is 6. The molecule has 0 saturated heterocycles. The quantitative estimate of drug-likeness (QED) is 0.682. The van der Waals surface area contributed by atoms with Crippen molar-refractivity contribution in [2.24, 2.45) is 0 Å². The van der Waals surface area contributed by atoms with Crippen LogP contribution in [0, 0.1) is 11.3 Å². The van der Waals surface area contributed by atoms with Crippen molar-refractivity contribution < 1.29 is 0 Å². The zero-order valence-electron chi connectivity index (χ0n) is 15.4. The molecule has 3 rings (SSSR count). The van der Waals surface area contributed by atoms with E-state index >= 15 is 0 Å². The third kappa shape index (κ3) is 4.38. The van der Waals surface area contributed by atoms with Crippen LogP contribution in [0.2, 0.25) is 0 Å². The molecule has 0 amide bonds. The number of anilines is 1. The van der Waals surface area contributed by atoms with Crippen molar-refractivity contribution in [1.29, 1.82) is 5.26 Å². The van der Waals surface area contributed by atoms with E-state index in [4.69, 9.17) is 4.98 Å². The van der Waals surface area contributed by atoms with Gasteiger partial charge in [0.2, 0.25) is 0 Å². The summed E-state index contributed by atoms with van der Waals surface area (Å²) in [7, 11) is 0. The third-order valence-corrected chi connectivity index (χ3v) is 4.35. The van der Waals surface area contributed by atoms with Gasteiger partial charge in [-0.15, -0.1) is 5.73 Å². The van der Waals surface area contributed by atoms with Crippen LogP contribution in [-0.4, -0.2) is 26.3 Å². The summed E-state index contributed by atoms with van der Waals surface area (Å²) in [6.45, 7) is 6.22. The van der Waals surface area contributed by atoms with Crippen molar-refractivity contribution >= 4 is 5.82 Å². The van der Waals surface area contributed by atoms with Crippen LogP contribution in [0.4, 0.5) is 5.82 Å². The molecule has 1 aliphatic carbocycles. The van der Waals surface area contributed by atoms with Gasteiger partial charge in [-0.05, 0) is 51.3 Å². The van der Waals surface area contributed by atoms with Gasteiger partial charge in [0.1, 0.15) is 17.5 Å². The first-order chi connectivity index (χ1) is 12.7. The van der Waals surface area contributed by atoms with E-state index in [1.54, 1.807) is 6.20 Å². The zero-order valence-corrected chi connectivity index (χ0v) is 15.4. The maximum atomic E-state index is 9.53. The van der Waals surface area contributed by atoms with Gasteiger partial charge in [-0.25, -0.2) is 9.97 Å². The number of hydrogen-bond acceptors (Lipinski definition) is 5. The second-order valence-corrected chi connectivity index (χ2v) is 6.38. The Balaban J connectivity index is 1.89. The van der Waals surface area contributed by atoms with Gasteiger partial charge in [-0.1, -0.05) is 0 Å². The Morgan fingerprint density at radius 3 is 2.92 bits per heavy atom. The minimum atomic E-state index is 0.450. The third-order valence-electron chi connectivity index (χ3n) is 4.35. The average Bonchev–Trinajstić information content (AvgIpc) is 3.43. The van der Waals surface area contributed by atoms with Crippen LogP contribution in [0.1, 0.15) is 56.1 Å². The summed E-state index contributed by atoms with van der Waals surface area (Å²) in [4.78, 5) is 11.3. The summed E-state index contributed by atoms with van der Waals surface area (Å²) >= 11 is 0. The highest BCUT2D eigenvalue weighted by molar-refractivity contribution is 5.53.